The summed E-state index contributed by atoms with van der Waals surface area (Å²) in [6, 6.07) is 7.92. The van der Waals surface area contributed by atoms with Crippen molar-refractivity contribution in [3.05, 3.63) is 29.8 Å². The number of methoxy groups -OCH3 is 1. The SMILES string of the molecule is CNC(=O)CN[C@H](C)c1cccc(OC)c1. The number of benzene rings is 1. The molecular formula is C12H18N2O2. The highest BCUT2D eigenvalue weighted by atomic mass is 16.5. The molecule has 0 aliphatic carbocycles. The van der Waals surface area contributed by atoms with Crippen molar-refractivity contribution in [2.45, 2.75) is 13.0 Å². The zero-order chi connectivity index (χ0) is 12.0. The van der Waals surface area contributed by atoms with Gasteiger partial charge in [-0.3, -0.25) is 4.79 Å². The molecule has 4 nitrogen and oxygen atoms in total. The summed E-state index contributed by atoms with van der Waals surface area (Å²) in [5.74, 6) is 0.806. The Kier molecular flexibility index (Phi) is 4.79. The maximum Gasteiger partial charge on any atom is 0.233 e. The quantitative estimate of drug-likeness (QED) is 0.784. The summed E-state index contributed by atoms with van der Waals surface area (Å²) in [6.45, 7) is 2.33. The summed E-state index contributed by atoms with van der Waals surface area (Å²) in [7, 11) is 3.27. The molecule has 0 aliphatic rings. The van der Waals surface area contributed by atoms with Crippen LogP contribution in [-0.4, -0.2) is 26.6 Å². The van der Waals surface area contributed by atoms with Gasteiger partial charge in [-0.1, -0.05) is 12.1 Å². The van der Waals surface area contributed by atoms with E-state index in [1.54, 1.807) is 14.2 Å². The van der Waals surface area contributed by atoms with E-state index in [2.05, 4.69) is 10.6 Å². The second kappa shape index (κ2) is 6.12. The van der Waals surface area contributed by atoms with Crippen LogP contribution < -0.4 is 15.4 Å². The van der Waals surface area contributed by atoms with Gasteiger partial charge in [0.15, 0.2) is 0 Å². The maximum absolute atomic E-state index is 11.1. The molecule has 16 heavy (non-hydrogen) atoms. The van der Waals surface area contributed by atoms with E-state index in [1.165, 1.54) is 0 Å². The van der Waals surface area contributed by atoms with Crippen molar-refractivity contribution in [1.29, 1.82) is 0 Å². The van der Waals surface area contributed by atoms with E-state index in [-0.39, 0.29) is 11.9 Å². The van der Waals surface area contributed by atoms with Gasteiger partial charge in [-0.25, -0.2) is 0 Å². The lowest BCUT2D eigenvalue weighted by atomic mass is 10.1. The first-order chi connectivity index (χ1) is 7.67. The van der Waals surface area contributed by atoms with E-state index in [4.69, 9.17) is 4.74 Å². The number of rotatable bonds is 5. The lowest BCUT2D eigenvalue weighted by molar-refractivity contribution is -0.119. The van der Waals surface area contributed by atoms with Crippen molar-refractivity contribution in [3.8, 4) is 5.75 Å². The van der Waals surface area contributed by atoms with Gasteiger partial charge in [-0.05, 0) is 24.6 Å². The van der Waals surface area contributed by atoms with E-state index in [1.807, 2.05) is 31.2 Å². The predicted octanol–water partition coefficient (Wildman–Crippen LogP) is 1.09. The average Bonchev–Trinajstić information content (AvgIpc) is 2.35. The van der Waals surface area contributed by atoms with Crippen LogP contribution in [0.5, 0.6) is 5.75 Å². The molecule has 0 fully saturated rings. The van der Waals surface area contributed by atoms with Crippen molar-refractivity contribution in [3.63, 3.8) is 0 Å². The molecule has 1 atom stereocenters. The van der Waals surface area contributed by atoms with Gasteiger partial charge in [0.05, 0.1) is 13.7 Å². The summed E-state index contributed by atoms with van der Waals surface area (Å²) < 4.78 is 5.14. The van der Waals surface area contributed by atoms with Crippen LogP contribution in [0.1, 0.15) is 18.5 Å². The molecule has 1 rings (SSSR count). The molecule has 88 valence electrons. The molecule has 0 radical (unpaired) electrons. The van der Waals surface area contributed by atoms with E-state index < -0.39 is 0 Å². The fourth-order valence-electron chi connectivity index (χ4n) is 1.36. The van der Waals surface area contributed by atoms with E-state index in [0.29, 0.717) is 6.54 Å². The lowest BCUT2D eigenvalue weighted by Crippen LogP contribution is -2.32. The first kappa shape index (κ1) is 12.5. The third-order valence-electron chi connectivity index (χ3n) is 2.44. The Balaban J connectivity index is 2.58. The number of nitrogens with one attached hydrogen (secondary N) is 2. The Bertz CT molecular complexity index is 353. The smallest absolute Gasteiger partial charge is 0.233 e. The van der Waals surface area contributed by atoms with Crippen LogP contribution in [0, 0.1) is 0 Å². The summed E-state index contributed by atoms with van der Waals surface area (Å²) in [4.78, 5) is 11.1. The minimum Gasteiger partial charge on any atom is -0.497 e. The maximum atomic E-state index is 11.1. The Morgan fingerprint density at radius 2 is 2.25 bits per heavy atom. The molecular weight excluding hydrogens is 204 g/mol. The van der Waals surface area contributed by atoms with Crippen LogP contribution in [0.15, 0.2) is 24.3 Å². The fraction of sp³-hybridized carbons (Fsp3) is 0.417. The van der Waals surface area contributed by atoms with Gasteiger partial charge in [0.25, 0.3) is 0 Å². The number of amides is 1. The second-order valence-electron chi connectivity index (χ2n) is 3.55. The fourth-order valence-corrected chi connectivity index (χ4v) is 1.36. The zero-order valence-corrected chi connectivity index (χ0v) is 9.91. The Hall–Kier alpha value is -1.55. The van der Waals surface area contributed by atoms with E-state index in [0.717, 1.165) is 11.3 Å². The van der Waals surface area contributed by atoms with Gasteiger partial charge in [0.1, 0.15) is 5.75 Å². The first-order valence-electron chi connectivity index (χ1n) is 5.25. The van der Waals surface area contributed by atoms with Gasteiger partial charge in [0, 0.05) is 13.1 Å². The van der Waals surface area contributed by atoms with Gasteiger partial charge < -0.3 is 15.4 Å². The van der Waals surface area contributed by atoms with Crippen molar-refractivity contribution in [2.75, 3.05) is 20.7 Å². The number of hydrogen-bond donors (Lipinski definition) is 2. The largest absolute Gasteiger partial charge is 0.497 e. The number of carbonyl (C=O) groups excluding carboxylic acids is 1. The van der Waals surface area contributed by atoms with Crippen LogP contribution in [0.3, 0.4) is 0 Å². The third-order valence-corrected chi connectivity index (χ3v) is 2.44. The molecule has 0 aliphatic heterocycles. The minimum absolute atomic E-state index is 0.0188. The summed E-state index contributed by atoms with van der Waals surface area (Å²) in [6.07, 6.45) is 0. The molecule has 1 aromatic rings. The molecule has 4 heteroatoms. The molecule has 0 heterocycles. The van der Waals surface area contributed by atoms with Crippen LogP contribution in [-0.2, 0) is 4.79 Å². The van der Waals surface area contributed by atoms with Crippen LogP contribution in [0.25, 0.3) is 0 Å². The van der Waals surface area contributed by atoms with Crippen LogP contribution in [0.4, 0.5) is 0 Å². The second-order valence-corrected chi connectivity index (χ2v) is 3.55. The molecule has 1 amide bonds. The van der Waals surface area contributed by atoms with Crippen LogP contribution >= 0.6 is 0 Å². The molecule has 2 N–H and O–H groups in total. The normalized spacial score (nSPS) is 11.9. The van der Waals surface area contributed by atoms with E-state index in [9.17, 15) is 4.79 Å². The highest BCUT2D eigenvalue weighted by Crippen LogP contribution is 2.18. The van der Waals surface area contributed by atoms with Gasteiger partial charge in [-0.2, -0.15) is 0 Å². The van der Waals surface area contributed by atoms with Gasteiger partial charge in [-0.15, -0.1) is 0 Å². The molecule has 0 aromatic heterocycles. The molecule has 0 bridgehead atoms. The summed E-state index contributed by atoms with van der Waals surface area (Å²) >= 11 is 0. The molecule has 0 spiro atoms. The zero-order valence-electron chi connectivity index (χ0n) is 9.91. The number of ether oxygens (including phenoxy) is 1. The standard InChI is InChI=1S/C12H18N2O2/c1-9(14-8-12(15)13-2)10-5-4-6-11(7-10)16-3/h4-7,9,14H,8H2,1-3H3,(H,13,15)/t9-/m1/s1. The first-order valence-corrected chi connectivity index (χ1v) is 5.25. The summed E-state index contributed by atoms with van der Waals surface area (Å²) in [5, 5.41) is 5.70. The topological polar surface area (TPSA) is 50.4 Å². The van der Waals surface area contributed by atoms with Crippen molar-refractivity contribution >= 4 is 5.91 Å². The average molecular weight is 222 g/mol. The number of likely N-dealkylation sites (N-methyl/N-ethyl adjacent to an activating group) is 1. The molecule has 0 saturated carbocycles. The monoisotopic (exact) mass is 222 g/mol. The van der Waals surface area contributed by atoms with Crippen molar-refractivity contribution < 1.29 is 9.53 Å². The molecule has 0 saturated heterocycles. The van der Waals surface area contributed by atoms with Crippen LogP contribution in [0.2, 0.25) is 0 Å². The Morgan fingerprint density at radius 3 is 2.88 bits per heavy atom. The highest BCUT2D eigenvalue weighted by Gasteiger charge is 2.07. The third kappa shape index (κ3) is 3.55. The molecule has 1 aromatic carbocycles. The highest BCUT2D eigenvalue weighted by molar-refractivity contribution is 5.77. The van der Waals surface area contributed by atoms with E-state index >= 15 is 0 Å². The predicted molar refractivity (Wildman–Crippen MR) is 63.5 cm³/mol. The molecule has 0 unspecified atom stereocenters. The van der Waals surface area contributed by atoms with Gasteiger partial charge >= 0.3 is 0 Å². The minimum atomic E-state index is -0.0188. The lowest BCUT2D eigenvalue weighted by Gasteiger charge is -2.14. The van der Waals surface area contributed by atoms with Crippen molar-refractivity contribution in [1.82, 2.24) is 10.6 Å². The number of carbonyl (C=O) groups is 1. The summed E-state index contributed by atoms with van der Waals surface area (Å²) in [5.41, 5.74) is 1.10. The number of hydrogen-bond acceptors (Lipinski definition) is 3. The van der Waals surface area contributed by atoms with Crippen molar-refractivity contribution in [2.24, 2.45) is 0 Å². The Morgan fingerprint density at radius 1 is 1.50 bits per heavy atom. The Labute approximate surface area is 96.0 Å². The van der Waals surface area contributed by atoms with Gasteiger partial charge in [0.2, 0.25) is 5.91 Å².